The van der Waals surface area contributed by atoms with Crippen LogP contribution in [0.1, 0.15) is 48.5 Å². The number of rotatable bonds is 4. The van der Waals surface area contributed by atoms with Gasteiger partial charge in [0, 0.05) is 30.9 Å². The normalized spacial score (nSPS) is 23.4. The lowest BCUT2D eigenvalue weighted by atomic mass is 9.97. The molecule has 1 unspecified atom stereocenters. The van der Waals surface area contributed by atoms with E-state index in [0.717, 1.165) is 38.2 Å². The lowest BCUT2D eigenvalue weighted by molar-refractivity contribution is 0.0695. The lowest BCUT2D eigenvalue weighted by Gasteiger charge is -2.24. The summed E-state index contributed by atoms with van der Waals surface area (Å²) in [6.07, 6.45) is 5.39. The van der Waals surface area contributed by atoms with Gasteiger partial charge in [-0.2, -0.15) is 0 Å². The topological polar surface area (TPSA) is 88.6 Å². The number of pyridine rings is 1. The maximum atomic E-state index is 15.6. The molecule has 1 atom stereocenters. The molecule has 1 aliphatic heterocycles. The van der Waals surface area contributed by atoms with Gasteiger partial charge in [0.25, 0.3) is 0 Å². The Morgan fingerprint density at radius 2 is 1.96 bits per heavy atom. The molecule has 0 bridgehead atoms. The van der Waals surface area contributed by atoms with Gasteiger partial charge in [-0.1, -0.05) is 0 Å². The Balaban J connectivity index is 1.68. The van der Waals surface area contributed by atoms with Gasteiger partial charge in [-0.15, -0.1) is 0 Å². The minimum Gasteiger partial charge on any atom is -0.477 e. The first-order chi connectivity index (χ1) is 13.3. The van der Waals surface area contributed by atoms with Crippen LogP contribution >= 0.6 is 0 Å². The first kappa shape index (κ1) is 17.6. The number of carboxylic acid groups (broad SMARTS) is 1. The number of carbonyl (C=O) groups is 1. The van der Waals surface area contributed by atoms with Crippen LogP contribution in [0.2, 0.25) is 0 Å². The Bertz CT molecular complexity index is 1070. The van der Waals surface area contributed by atoms with Gasteiger partial charge in [-0.25, -0.2) is 13.6 Å². The zero-order chi connectivity index (χ0) is 19.8. The number of halogens is 2. The van der Waals surface area contributed by atoms with E-state index in [1.807, 2.05) is 0 Å². The zero-order valence-electron chi connectivity index (χ0n) is 15.3. The van der Waals surface area contributed by atoms with E-state index in [1.54, 1.807) is 4.90 Å². The Labute approximate surface area is 159 Å². The third kappa shape index (κ3) is 2.54. The molecular formula is C20H21F2N3O3. The fraction of sp³-hybridized carbons (Fsp3) is 0.500. The maximum Gasteiger partial charge on any atom is 0.341 e. The van der Waals surface area contributed by atoms with Gasteiger partial charge in [-0.3, -0.25) is 4.79 Å². The third-order valence-electron chi connectivity index (χ3n) is 6.50. The van der Waals surface area contributed by atoms with E-state index >= 15 is 4.39 Å². The molecule has 1 saturated heterocycles. The second-order valence-corrected chi connectivity index (χ2v) is 8.40. The summed E-state index contributed by atoms with van der Waals surface area (Å²) in [6, 6.07) is 0.920. The number of nitrogens with zero attached hydrogens (tertiary/aromatic N) is 2. The first-order valence-electron chi connectivity index (χ1n) is 9.64. The maximum absolute atomic E-state index is 15.6. The molecule has 0 radical (unpaired) electrons. The molecule has 3 aliphatic rings. The Hall–Kier alpha value is -2.48. The van der Waals surface area contributed by atoms with Crippen molar-refractivity contribution in [3.05, 3.63) is 39.7 Å². The van der Waals surface area contributed by atoms with Gasteiger partial charge in [0.1, 0.15) is 17.1 Å². The van der Waals surface area contributed by atoms with Crippen LogP contribution in [-0.2, 0) is 0 Å². The number of hydrogen-bond acceptors (Lipinski definition) is 4. The second-order valence-electron chi connectivity index (χ2n) is 8.40. The van der Waals surface area contributed by atoms with Crippen molar-refractivity contribution in [2.75, 3.05) is 18.0 Å². The number of benzene rings is 1. The molecule has 148 valence electrons. The zero-order valence-corrected chi connectivity index (χ0v) is 15.3. The van der Waals surface area contributed by atoms with Crippen LogP contribution in [-0.4, -0.2) is 34.3 Å². The van der Waals surface area contributed by atoms with Gasteiger partial charge in [0.05, 0.1) is 10.9 Å². The molecule has 1 aromatic carbocycles. The quantitative estimate of drug-likeness (QED) is 0.839. The fourth-order valence-electron chi connectivity index (χ4n) is 4.50. The number of fused-ring (bicyclic) bond motifs is 1. The highest BCUT2D eigenvalue weighted by atomic mass is 19.1. The summed E-state index contributed by atoms with van der Waals surface area (Å²) in [5, 5.41) is 9.08. The second kappa shape index (κ2) is 5.76. The van der Waals surface area contributed by atoms with Gasteiger partial charge < -0.3 is 20.3 Å². The molecule has 3 N–H and O–H groups in total. The summed E-state index contributed by atoms with van der Waals surface area (Å²) in [5.74, 6) is -2.83. The number of aromatic nitrogens is 1. The van der Waals surface area contributed by atoms with Crippen molar-refractivity contribution < 1.29 is 18.7 Å². The number of hydrogen-bond donors (Lipinski definition) is 2. The molecule has 2 aliphatic carbocycles. The molecule has 6 nitrogen and oxygen atoms in total. The molecule has 28 heavy (non-hydrogen) atoms. The van der Waals surface area contributed by atoms with E-state index in [-0.39, 0.29) is 34.1 Å². The van der Waals surface area contributed by atoms with E-state index in [9.17, 15) is 19.1 Å². The van der Waals surface area contributed by atoms with Crippen LogP contribution < -0.4 is 16.1 Å². The predicted molar refractivity (Wildman–Crippen MR) is 99.8 cm³/mol. The van der Waals surface area contributed by atoms with Crippen LogP contribution in [0.15, 0.2) is 17.1 Å². The van der Waals surface area contributed by atoms with Gasteiger partial charge in [-0.05, 0) is 44.1 Å². The molecule has 2 aromatic rings. The van der Waals surface area contributed by atoms with Crippen LogP contribution in [0.4, 0.5) is 14.5 Å². The molecule has 2 saturated carbocycles. The highest BCUT2D eigenvalue weighted by Crippen LogP contribution is 2.46. The van der Waals surface area contributed by atoms with Crippen molar-refractivity contribution in [2.45, 2.75) is 43.7 Å². The minimum atomic E-state index is -1.40. The fourth-order valence-corrected chi connectivity index (χ4v) is 4.50. The highest BCUT2D eigenvalue weighted by Gasteiger charge is 2.48. The number of anilines is 1. The van der Waals surface area contributed by atoms with E-state index in [0.29, 0.717) is 13.1 Å². The van der Waals surface area contributed by atoms with Crippen LogP contribution in [0.25, 0.3) is 10.9 Å². The third-order valence-corrected chi connectivity index (χ3v) is 6.50. The SMILES string of the molecule is NC1(C2CCN(c3c(F)cc4c(=O)c(C(=O)O)cn(C5CC5)c4c3F)C2)CC1. The Morgan fingerprint density at radius 1 is 1.25 bits per heavy atom. The average Bonchev–Trinajstić information content (AvgIpc) is 3.56. The summed E-state index contributed by atoms with van der Waals surface area (Å²) in [5.41, 5.74) is 4.59. The summed E-state index contributed by atoms with van der Waals surface area (Å²) < 4.78 is 32.0. The Kier molecular flexibility index (Phi) is 3.62. The van der Waals surface area contributed by atoms with Crippen molar-refractivity contribution in [3.8, 4) is 0 Å². The van der Waals surface area contributed by atoms with Crippen molar-refractivity contribution in [3.63, 3.8) is 0 Å². The lowest BCUT2D eigenvalue weighted by Crippen LogP contribution is -2.35. The number of carboxylic acids is 1. The smallest absolute Gasteiger partial charge is 0.341 e. The van der Waals surface area contributed by atoms with E-state index in [2.05, 4.69) is 0 Å². The van der Waals surface area contributed by atoms with E-state index < -0.39 is 28.6 Å². The summed E-state index contributed by atoms with van der Waals surface area (Å²) >= 11 is 0. The predicted octanol–water partition coefficient (Wildman–Crippen LogP) is 2.63. The highest BCUT2D eigenvalue weighted by molar-refractivity contribution is 5.94. The average molecular weight is 389 g/mol. The molecule has 5 rings (SSSR count). The minimum absolute atomic E-state index is 0.00812. The van der Waals surface area contributed by atoms with Gasteiger partial charge in [0.2, 0.25) is 5.43 Å². The number of nitrogens with two attached hydrogens (primary N) is 1. The van der Waals surface area contributed by atoms with Gasteiger partial charge >= 0.3 is 5.97 Å². The Morgan fingerprint density at radius 3 is 2.57 bits per heavy atom. The van der Waals surface area contributed by atoms with E-state index in [1.165, 1.54) is 10.8 Å². The van der Waals surface area contributed by atoms with Crippen LogP contribution in [0, 0.1) is 17.6 Å². The van der Waals surface area contributed by atoms with Crippen molar-refractivity contribution >= 4 is 22.6 Å². The van der Waals surface area contributed by atoms with Crippen molar-refractivity contribution in [1.29, 1.82) is 0 Å². The molecule has 3 fully saturated rings. The van der Waals surface area contributed by atoms with Gasteiger partial charge in [0.15, 0.2) is 5.82 Å². The standard InChI is InChI=1S/C20H21F2N3O3/c21-14-7-12-16(25(11-1-2-11)9-13(18(12)26)19(27)28)15(22)17(14)24-6-3-10(8-24)20(23)4-5-20/h7,9-11H,1-6,8,23H2,(H,27,28). The van der Waals surface area contributed by atoms with Crippen molar-refractivity contribution in [1.82, 2.24) is 4.57 Å². The molecule has 1 aromatic heterocycles. The van der Waals surface area contributed by atoms with Crippen molar-refractivity contribution in [2.24, 2.45) is 11.7 Å². The summed E-state index contributed by atoms with van der Waals surface area (Å²) in [6.45, 7) is 0.987. The molecular weight excluding hydrogens is 368 g/mol. The monoisotopic (exact) mass is 389 g/mol. The van der Waals surface area contributed by atoms with Crippen LogP contribution in [0.5, 0.6) is 0 Å². The molecule has 8 heteroatoms. The summed E-state index contributed by atoms with van der Waals surface area (Å²) in [7, 11) is 0. The molecule has 0 spiro atoms. The van der Waals surface area contributed by atoms with Crippen LogP contribution in [0.3, 0.4) is 0 Å². The molecule has 2 heterocycles. The number of aromatic carboxylic acids is 1. The summed E-state index contributed by atoms with van der Waals surface area (Å²) in [4.78, 5) is 25.6. The first-order valence-corrected chi connectivity index (χ1v) is 9.64. The molecule has 0 amide bonds. The van der Waals surface area contributed by atoms with E-state index in [4.69, 9.17) is 5.73 Å². The largest absolute Gasteiger partial charge is 0.477 e.